The van der Waals surface area contributed by atoms with Gasteiger partial charge in [0.25, 0.3) is 5.91 Å². The number of rotatable bonds is 6. The second-order valence-corrected chi connectivity index (χ2v) is 12.2. The van der Waals surface area contributed by atoms with Crippen molar-refractivity contribution in [2.45, 2.75) is 64.5 Å². The summed E-state index contributed by atoms with van der Waals surface area (Å²) in [5, 5.41) is 4.21. The van der Waals surface area contributed by atoms with Gasteiger partial charge in [-0.15, -0.1) is 0 Å². The standard InChI is InChI=1S/C34H41N3O4/c1-3-41-30(38)15-20-37-24(2)22-34(33(37)40)16-8-17-36(23-34)27-13-18-35(19-14-27)32(39)31-28-11-6-4-9-25(28)21-26-10-5-7-12-29(26)31/h4-7,9-12,21,24,27H,3,8,13-20,22-23H2,1-2H3. The lowest BCUT2D eigenvalue weighted by atomic mass is 9.76. The largest absolute Gasteiger partial charge is 0.466 e. The van der Waals surface area contributed by atoms with Gasteiger partial charge in [-0.3, -0.25) is 19.3 Å². The zero-order valence-corrected chi connectivity index (χ0v) is 24.3. The molecule has 1 spiro atoms. The molecule has 7 heteroatoms. The van der Waals surface area contributed by atoms with Crippen LogP contribution in [0.5, 0.6) is 0 Å². The third-order valence-electron chi connectivity index (χ3n) is 9.65. The molecule has 3 aromatic carbocycles. The summed E-state index contributed by atoms with van der Waals surface area (Å²) < 4.78 is 5.09. The maximum absolute atomic E-state index is 14.0. The highest BCUT2D eigenvalue weighted by atomic mass is 16.5. The highest BCUT2D eigenvalue weighted by Gasteiger charge is 2.52. The van der Waals surface area contributed by atoms with E-state index in [1.807, 2.05) is 34.1 Å². The molecule has 41 heavy (non-hydrogen) atoms. The molecule has 216 valence electrons. The monoisotopic (exact) mass is 555 g/mol. The van der Waals surface area contributed by atoms with Gasteiger partial charge >= 0.3 is 5.97 Å². The third kappa shape index (κ3) is 5.21. The van der Waals surface area contributed by atoms with Crippen LogP contribution in [0.4, 0.5) is 0 Å². The highest BCUT2D eigenvalue weighted by Crippen LogP contribution is 2.44. The van der Waals surface area contributed by atoms with Crippen molar-refractivity contribution >= 4 is 39.3 Å². The molecule has 0 aromatic heterocycles. The van der Waals surface area contributed by atoms with Crippen LogP contribution in [0.3, 0.4) is 0 Å². The number of nitrogens with zero attached hydrogens (tertiary/aromatic N) is 3. The SMILES string of the molecule is CCOC(=O)CCN1C(=O)C2(CCCN(C3CCN(C(=O)c4c5ccccc5cc5ccccc45)CC3)C2)CC1C. The van der Waals surface area contributed by atoms with Crippen LogP contribution in [-0.2, 0) is 14.3 Å². The minimum Gasteiger partial charge on any atom is -0.466 e. The third-order valence-corrected chi connectivity index (χ3v) is 9.65. The highest BCUT2D eigenvalue weighted by molar-refractivity contribution is 6.18. The normalized spacial score (nSPS) is 24.0. The number of amides is 2. The molecular formula is C34H41N3O4. The average Bonchev–Trinajstić information content (AvgIpc) is 3.21. The molecule has 0 radical (unpaired) electrons. The van der Waals surface area contributed by atoms with Crippen molar-refractivity contribution in [1.29, 1.82) is 0 Å². The number of fused-ring (bicyclic) bond motifs is 2. The van der Waals surface area contributed by atoms with Gasteiger partial charge in [0.05, 0.1) is 24.0 Å². The number of esters is 1. The van der Waals surface area contributed by atoms with Gasteiger partial charge in [0.2, 0.25) is 5.91 Å². The number of ether oxygens (including phenoxy) is 1. The van der Waals surface area contributed by atoms with Crippen molar-refractivity contribution in [3.63, 3.8) is 0 Å². The van der Waals surface area contributed by atoms with E-state index in [1.165, 1.54) is 0 Å². The van der Waals surface area contributed by atoms with Crippen LogP contribution >= 0.6 is 0 Å². The van der Waals surface area contributed by atoms with Crippen molar-refractivity contribution in [1.82, 2.24) is 14.7 Å². The predicted octanol–water partition coefficient (Wildman–Crippen LogP) is 5.25. The summed E-state index contributed by atoms with van der Waals surface area (Å²) in [6, 6.07) is 19.0. The zero-order valence-electron chi connectivity index (χ0n) is 24.3. The van der Waals surface area contributed by atoms with E-state index in [4.69, 9.17) is 4.74 Å². The van der Waals surface area contributed by atoms with E-state index in [1.54, 1.807) is 6.92 Å². The molecule has 0 aliphatic carbocycles. The van der Waals surface area contributed by atoms with Gasteiger partial charge in [0.1, 0.15) is 0 Å². The lowest BCUT2D eigenvalue weighted by molar-refractivity contribution is -0.145. The van der Waals surface area contributed by atoms with E-state index < -0.39 is 0 Å². The number of carbonyl (C=O) groups excluding carboxylic acids is 3. The van der Waals surface area contributed by atoms with E-state index >= 15 is 0 Å². The summed E-state index contributed by atoms with van der Waals surface area (Å²) in [6.07, 6.45) is 4.85. The van der Waals surface area contributed by atoms with Crippen molar-refractivity contribution in [2.24, 2.45) is 5.41 Å². The summed E-state index contributed by atoms with van der Waals surface area (Å²) in [4.78, 5) is 46.1. The molecule has 3 aliphatic rings. The minimum absolute atomic E-state index is 0.114. The Bertz CT molecular complexity index is 1410. The second kappa shape index (κ2) is 11.4. The molecule has 6 rings (SSSR count). The van der Waals surface area contributed by atoms with Gasteiger partial charge in [-0.05, 0) is 80.1 Å². The van der Waals surface area contributed by atoms with Gasteiger partial charge in [0.15, 0.2) is 0 Å². The molecule has 3 heterocycles. The maximum atomic E-state index is 14.0. The van der Waals surface area contributed by atoms with Crippen LogP contribution in [0, 0.1) is 5.41 Å². The first kappa shape index (κ1) is 27.7. The first-order chi connectivity index (χ1) is 19.9. The Morgan fingerprint density at radius 2 is 1.63 bits per heavy atom. The van der Waals surface area contributed by atoms with Gasteiger partial charge in [-0.1, -0.05) is 48.5 Å². The molecule has 7 nitrogen and oxygen atoms in total. The minimum atomic E-state index is -0.360. The number of piperidine rings is 2. The maximum Gasteiger partial charge on any atom is 0.307 e. The second-order valence-electron chi connectivity index (χ2n) is 12.2. The van der Waals surface area contributed by atoms with Crippen molar-refractivity contribution in [3.8, 4) is 0 Å². The van der Waals surface area contributed by atoms with Gasteiger partial charge in [-0.2, -0.15) is 0 Å². The van der Waals surface area contributed by atoms with Crippen LogP contribution < -0.4 is 0 Å². The molecule has 3 saturated heterocycles. The van der Waals surface area contributed by atoms with Crippen LogP contribution in [0.15, 0.2) is 54.6 Å². The lowest BCUT2D eigenvalue weighted by Crippen LogP contribution is -2.54. The van der Waals surface area contributed by atoms with E-state index in [0.29, 0.717) is 19.2 Å². The topological polar surface area (TPSA) is 70.2 Å². The number of carbonyl (C=O) groups is 3. The van der Waals surface area contributed by atoms with E-state index in [2.05, 4.69) is 42.2 Å². The fourth-order valence-corrected chi connectivity index (χ4v) is 7.69. The summed E-state index contributed by atoms with van der Waals surface area (Å²) in [6.45, 7) is 7.93. The van der Waals surface area contributed by atoms with Crippen molar-refractivity contribution in [3.05, 3.63) is 60.2 Å². The molecule has 0 bridgehead atoms. The summed E-state index contributed by atoms with van der Waals surface area (Å²) >= 11 is 0. The molecular weight excluding hydrogens is 514 g/mol. The average molecular weight is 556 g/mol. The predicted molar refractivity (Wildman–Crippen MR) is 161 cm³/mol. The first-order valence-electron chi connectivity index (χ1n) is 15.3. The van der Waals surface area contributed by atoms with Crippen LogP contribution in [0.1, 0.15) is 62.7 Å². The Morgan fingerprint density at radius 1 is 0.976 bits per heavy atom. The van der Waals surface area contributed by atoms with Gasteiger partial charge < -0.3 is 14.5 Å². The number of hydrogen-bond acceptors (Lipinski definition) is 5. The summed E-state index contributed by atoms with van der Waals surface area (Å²) in [7, 11) is 0. The smallest absolute Gasteiger partial charge is 0.307 e. The molecule has 2 amide bonds. The number of hydrogen-bond donors (Lipinski definition) is 0. The Morgan fingerprint density at radius 3 is 2.29 bits per heavy atom. The quantitative estimate of drug-likeness (QED) is 0.307. The van der Waals surface area contributed by atoms with Crippen molar-refractivity contribution in [2.75, 3.05) is 39.3 Å². The Balaban J connectivity index is 1.13. The van der Waals surface area contributed by atoms with Gasteiger partial charge in [-0.25, -0.2) is 0 Å². The Kier molecular flexibility index (Phi) is 7.73. The fourth-order valence-electron chi connectivity index (χ4n) is 7.69. The zero-order chi connectivity index (χ0) is 28.6. The number of benzene rings is 3. The van der Waals surface area contributed by atoms with E-state index in [9.17, 15) is 14.4 Å². The van der Waals surface area contributed by atoms with Crippen LogP contribution in [-0.4, -0.2) is 83.9 Å². The molecule has 3 aromatic rings. The summed E-state index contributed by atoms with van der Waals surface area (Å²) in [5.74, 6) is 0.0783. The fraction of sp³-hybridized carbons (Fsp3) is 0.500. The van der Waals surface area contributed by atoms with Crippen LogP contribution in [0.2, 0.25) is 0 Å². The van der Waals surface area contributed by atoms with Gasteiger partial charge in [0, 0.05) is 38.3 Å². The Hall–Kier alpha value is -3.45. The molecule has 0 N–H and O–H groups in total. The first-order valence-corrected chi connectivity index (χ1v) is 15.3. The van der Waals surface area contributed by atoms with E-state index in [0.717, 1.165) is 85.4 Å². The van der Waals surface area contributed by atoms with Crippen molar-refractivity contribution < 1.29 is 19.1 Å². The molecule has 3 aliphatic heterocycles. The molecule has 3 fully saturated rings. The Labute approximate surface area is 242 Å². The molecule has 2 atom stereocenters. The summed E-state index contributed by atoms with van der Waals surface area (Å²) in [5.41, 5.74) is 0.448. The molecule has 0 saturated carbocycles. The lowest BCUT2D eigenvalue weighted by Gasteiger charge is -2.45. The number of likely N-dealkylation sites (tertiary alicyclic amines) is 3. The van der Waals surface area contributed by atoms with Crippen LogP contribution in [0.25, 0.3) is 21.5 Å². The van der Waals surface area contributed by atoms with E-state index in [-0.39, 0.29) is 35.7 Å². The molecule has 2 unspecified atom stereocenters.